The van der Waals surface area contributed by atoms with E-state index in [1.807, 2.05) is 0 Å². The molecule has 15 heavy (non-hydrogen) atoms. The Balaban J connectivity index is 2.97. The number of pyridine rings is 1. The lowest BCUT2D eigenvalue weighted by Gasteiger charge is -2.08. The van der Waals surface area contributed by atoms with Crippen LogP contribution in [0.25, 0.3) is 0 Å². The molecule has 0 bridgehead atoms. The van der Waals surface area contributed by atoms with E-state index in [-0.39, 0.29) is 5.02 Å². The van der Waals surface area contributed by atoms with E-state index >= 15 is 0 Å². The van der Waals surface area contributed by atoms with Gasteiger partial charge in [0.1, 0.15) is 0 Å². The molecule has 1 aromatic heterocycles. The van der Waals surface area contributed by atoms with Gasteiger partial charge >= 0.3 is 12.3 Å². The van der Waals surface area contributed by atoms with Crippen LogP contribution in [-0.4, -0.2) is 17.3 Å². The fraction of sp³-hybridized carbons (Fsp3) is 0.250. The minimum absolute atomic E-state index is 0.0979. The molecule has 0 aliphatic heterocycles. The van der Waals surface area contributed by atoms with Gasteiger partial charge in [0.05, 0.1) is 10.6 Å². The zero-order valence-corrected chi connectivity index (χ0v) is 8.19. The van der Waals surface area contributed by atoms with Gasteiger partial charge in [-0.2, -0.15) is 0 Å². The molecule has 7 heteroatoms. The predicted octanol–water partition coefficient (Wildman–Crippen LogP) is 2.72. The molecule has 0 saturated heterocycles. The number of esters is 1. The summed E-state index contributed by atoms with van der Waals surface area (Å²) in [5.74, 6) is -1.57. The minimum atomic E-state index is -5.02. The van der Waals surface area contributed by atoms with Crippen molar-refractivity contribution in [3.05, 3.63) is 28.5 Å². The van der Waals surface area contributed by atoms with Gasteiger partial charge < -0.3 is 4.74 Å². The van der Waals surface area contributed by atoms with Gasteiger partial charge in [-0.25, -0.2) is 4.79 Å². The quantitative estimate of drug-likeness (QED) is 0.708. The van der Waals surface area contributed by atoms with Gasteiger partial charge in [0.25, 0.3) is 0 Å². The van der Waals surface area contributed by atoms with Crippen molar-refractivity contribution in [2.75, 3.05) is 0 Å². The predicted molar refractivity (Wildman–Crippen MR) is 45.5 cm³/mol. The molecular formula is C8H5ClF3NO2. The number of carbonyl (C=O) groups excluding carboxylic acids is 1. The molecule has 82 valence electrons. The van der Waals surface area contributed by atoms with Crippen LogP contribution in [0.3, 0.4) is 0 Å². The molecule has 1 rings (SSSR count). The van der Waals surface area contributed by atoms with Crippen LogP contribution in [0.2, 0.25) is 5.02 Å². The highest BCUT2D eigenvalue weighted by Crippen LogP contribution is 2.23. The third-order valence-corrected chi connectivity index (χ3v) is 1.98. The smallest absolute Gasteiger partial charge is 0.369 e. The molecule has 1 aromatic rings. The first-order chi connectivity index (χ1) is 6.81. The molecule has 0 aliphatic rings. The van der Waals surface area contributed by atoms with Gasteiger partial charge in [0.2, 0.25) is 0 Å². The van der Waals surface area contributed by atoms with Crippen molar-refractivity contribution in [2.24, 2.45) is 0 Å². The summed E-state index contributed by atoms with van der Waals surface area (Å²) < 4.78 is 38.3. The van der Waals surface area contributed by atoms with E-state index < -0.39 is 17.9 Å². The van der Waals surface area contributed by atoms with Crippen LogP contribution in [0.1, 0.15) is 15.9 Å². The molecule has 0 fully saturated rings. The first kappa shape index (κ1) is 11.8. The second-order valence-electron chi connectivity index (χ2n) is 2.65. The van der Waals surface area contributed by atoms with Crippen molar-refractivity contribution in [2.45, 2.75) is 13.3 Å². The number of halogens is 4. The number of aryl methyl sites for hydroxylation is 1. The summed E-state index contributed by atoms with van der Waals surface area (Å²) in [6, 6.07) is 0. The van der Waals surface area contributed by atoms with E-state index in [4.69, 9.17) is 11.6 Å². The Labute approximate surface area is 87.8 Å². The second kappa shape index (κ2) is 4.06. The van der Waals surface area contributed by atoms with Crippen molar-refractivity contribution in [3.8, 4) is 0 Å². The topological polar surface area (TPSA) is 39.2 Å². The number of hydrogen-bond acceptors (Lipinski definition) is 3. The SMILES string of the molecule is Cc1cncc(C(=O)OC(F)(F)F)c1Cl. The standard InChI is InChI=1S/C8H5ClF3NO2/c1-4-2-13-3-5(6(4)9)7(14)15-8(10,11)12/h2-3H,1H3. The Morgan fingerprint density at radius 3 is 2.60 bits per heavy atom. The molecule has 0 radical (unpaired) electrons. The van der Waals surface area contributed by atoms with Crippen LogP contribution in [-0.2, 0) is 4.74 Å². The molecule has 0 saturated carbocycles. The second-order valence-corrected chi connectivity index (χ2v) is 3.03. The monoisotopic (exact) mass is 239 g/mol. The lowest BCUT2D eigenvalue weighted by molar-refractivity contribution is -0.291. The molecule has 0 atom stereocenters. The highest BCUT2D eigenvalue weighted by Gasteiger charge is 2.35. The van der Waals surface area contributed by atoms with Gasteiger partial charge in [0, 0.05) is 12.4 Å². The zero-order valence-electron chi connectivity index (χ0n) is 7.43. The van der Waals surface area contributed by atoms with Gasteiger partial charge in [-0.1, -0.05) is 11.6 Å². The maximum atomic E-state index is 11.7. The Bertz CT molecular complexity index is 392. The number of nitrogens with zero attached hydrogens (tertiary/aromatic N) is 1. The van der Waals surface area contributed by atoms with Crippen molar-refractivity contribution in [1.82, 2.24) is 4.98 Å². The number of aromatic nitrogens is 1. The lowest BCUT2D eigenvalue weighted by Crippen LogP contribution is -2.20. The van der Waals surface area contributed by atoms with E-state index in [0.717, 1.165) is 6.20 Å². The van der Waals surface area contributed by atoms with E-state index in [2.05, 4.69) is 9.72 Å². The minimum Gasteiger partial charge on any atom is -0.369 e. The van der Waals surface area contributed by atoms with Gasteiger partial charge in [-0.3, -0.25) is 4.98 Å². The first-order valence-corrected chi connectivity index (χ1v) is 4.09. The van der Waals surface area contributed by atoms with Gasteiger partial charge in [-0.15, -0.1) is 13.2 Å². The Hall–Kier alpha value is -1.30. The van der Waals surface area contributed by atoms with Crippen LogP contribution in [0, 0.1) is 6.92 Å². The number of hydrogen-bond donors (Lipinski definition) is 0. The zero-order chi connectivity index (χ0) is 11.6. The summed E-state index contributed by atoms with van der Waals surface area (Å²) in [6.07, 6.45) is -2.78. The number of alkyl halides is 3. The van der Waals surface area contributed by atoms with Crippen LogP contribution in [0.15, 0.2) is 12.4 Å². The number of ether oxygens (including phenoxy) is 1. The molecule has 0 aliphatic carbocycles. The molecule has 1 heterocycles. The summed E-state index contributed by atoms with van der Waals surface area (Å²) >= 11 is 5.61. The van der Waals surface area contributed by atoms with Crippen molar-refractivity contribution in [3.63, 3.8) is 0 Å². The van der Waals surface area contributed by atoms with E-state index in [1.165, 1.54) is 13.1 Å². The van der Waals surface area contributed by atoms with Crippen LogP contribution in [0.4, 0.5) is 13.2 Å². The summed E-state index contributed by atoms with van der Waals surface area (Å²) in [7, 11) is 0. The van der Waals surface area contributed by atoms with Crippen LogP contribution < -0.4 is 0 Å². The Morgan fingerprint density at radius 2 is 2.07 bits per heavy atom. The maximum Gasteiger partial charge on any atom is 0.575 e. The van der Waals surface area contributed by atoms with E-state index in [9.17, 15) is 18.0 Å². The highest BCUT2D eigenvalue weighted by atomic mass is 35.5. The summed E-state index contributed by atoms with van der Waals surface area (Å²) in [6.45, 7) is 1.51. The Kier molecular flexibility index (Phi) is 3.18. The first-order valence-electron chi connectivity index (χ1n) is 3.71. The summed E-state index contributed by atoms with van der Waals surface area (Å²) in [5.41, 5.74) is -0.0118. The van der Waals surface area contributed by atoms with Crippen LogP contribution >= 0.6 is 11.6 Å². The molecule has 0 aromatic carbocycles. The third-order valence-electron chi connectivity index (χ3n) is 1.48. The average Bonchev–Trinajstić information content (AvgIpc) is 2.06. The fourth-order valence-corrected chi connectivity index (χ4v) is 1.03. The fourth-order valence-electron chi connectivity index (χ4n) is 0.852. The molecule has 0 spiro atoms. The largest absolute Gasteiger partial charge is 0.575 e. The molecule has 0 amide bonds. The van der Waals surface area contributed by atoms with Crippen molar-refractivity contribution < 1.29 is 22.7 Å². The molecule has 3 nitrogen and oxygen atoms in total. The normalized spacial score (nSPS) is 11.3. The van der Waals surface area contributed by atoms with Gasteiger partial charge in [0.15, 0.2) is 0 Å². The molecule has 0 unspecified atom stereocenters. The van der Waals surface area contributed by atoms with Crippen molar-refractivity contribution >= 4 is 17.6 Å². The van der Waals surface area contributed by atoms with E-state index in [0.29, 0.717) is 5.56 Å². The van der Waals surface area contributed by atoms with Crippen molar-refractivity contribution in [1.29, 1.82) is 0 Å². The van der Waals surface area contributed by atoms with Gasteiger partial charge in [-0.05, 0) is 12.5 Å². The number of carbonyl (C=O) groups is 1. The Morgan fingerprint density at radius 1 is 1.47 bits per heavy atom. The highest BCUT2D eigenvalue weighted by molar-refractivity contribution is 6.34. The van der Waals surface area contributed by atoms with Crippen LogP contribution in [0.5, 0.6) is 0 Å². The maximum absolute atomic E-state index is 11.7. The number of rotatable bonds is 1. The van der Waals surface area contributed by atoms with E-state index in [1.54, 1.807) is 0 Å². The average molecular weight is 240 g/mol. The summed E-state index contributed by atoms with van der Waals surface area (Å²) in [4.78, 5) is 14.5. The summed E-state index contributed by atoms with van der Waals surface area (Å²) in [5, 5.41) is -0.0979. The molecular weight excluding hydrogens is 235 g/mol. The lowest BCUT2D eigenvalue weighted by atomic mass is 10.2. The third kappa shape index (κ3) is 3.09. The molecule has 0 N–H and O–H groups in total.